The van der Waals surface area contributed by atoms with E-state index in [9.17, 15) is 9.59 Å². The van der Waals surface area contributed by atoms with Crippen molar-refractivity contribution in [3.8, 4) is 0 Å². The Hall–Kier alpha value is -3.54. The quantitative estimate of drug-likeness (QED) is 0.690. The van der Waals surface area contributed by atoms with Crippen LogP contribution in [0.5, 0.6) is 0 Å². The summed E-state index contributed by atoms with van der Waals surface area (Å²) in [7, 11) is 0. The van der Waals surface area contributed by atoms with Crippen molar-refractivity contribution in [2.24, 2.45) is 0 Å². The van der Waals surface area contributed by atoms with Crippen LogP contribution < -0.4 is 0 Å². The van der Waals surface area contributed by atoms with Gasteiger partial charge in [-0.25, -0.2) is 0 Å². The Balaban J connectivity index is 1.85. The first kappa shape index (κ1) is 18.5. The molecule has 4 bridgehead atoms. The van der Waals surface area contributed by atoms with Gasteiger partial charge < -0.3 is 18.9 Å². The maximum atomic E-state index is 12.3. The molecule has 0 radical (unpaired) electrons. The minimum absolute atomic E-state index is 0.316. The number of ether oxygens (including phenoxy) is 4. The number of esters is 2. The van der Waals surface area contributed by atoms with Gasteiger partial charge >= 0.3 is 11.9 Å². The Morgan fingerprint density at radius 3 is 2.43 bits per heavy atom. The fourth-order valence-corrected chi connectivity index (χ4v) is 4.63. The monoisotopic (exact) mass is 404 g/mol. The summed E-state index contributed by atoms with van der Waals surface area (Å²) in [6, 6.07) is 15.1. The molecule has 2 aromatic rings. The minimum atomic E-state index is -1.37. The zero-order valence-corrected chi connectivity index (χ0v) is 16.6. The summed E-state index contributed by atoms with van der Waals surface area (Å²) < 4.78 is 24.2. The average Bonchev–Trinajstić information content (AvgIpc) is 2.70. The van der Waals surface area contributed by atoms with Crippen LogP contribution in [0.1, 0.15) is 54.7 Å². The van der Waals surface area contributed by atoms with Gasteiger partial charge in [0.1, 0.15) is 17.6 Å². The summed E-state index contributed by atoms with van der Waals surface area (Å²) >= 11 is 0. The Kier molecular flexibility index (Phi) is 4.00. The highest BCUT2D eigenvalue weighted by molar-refractivity contribution is 5.79. The summed E-state index contributed by atoms with van der Waals surface area (Å²) in [5.74, 6) is 0.244. The Bertz CT molecular complexity index is 1130. The van der Waals surface area contributed by atoms with Gasteiger partial charge in [-0.05, 0) is 0 Å². The topological polar surface area (TPSA) is 71.1 Å². The van der Waals surface area contributed by atoms with E-state index >= 15 is 0 Å². The number of carbonyl (C=O) groups is 2. The molecular weight excluding hydrogens is 384 g/mol. The van der Waals surface area contributed by atoms with Crippen LogP contribution in [0.4, 0.5) is 0 Å². The van der Waals surface area contributed by atoms with Crippen LogP contribution in [0.3, 0.4) is 0 Å². The molecule has 3 atom stereocenters. The molecule has 6 nitrogen and oxygen atoms in total. The van der Waals surface area contributed by atoms with Crippen LogP contribution in [0.25, 0.3) is 5.76 Å². The van der Waals surface area contributed by atoms with Crippen molar-refractivity contribution in [3.63, 3.8) is 0 Å². The molecule has 2 aromatic carbocycles. The first-order valence-corrected chi connectivity index (χ1v) is 9.74. The van der Waals surface area contributed by atoms with Crippen molar-refractivity contribution < 1.29 is 28.5 Å². The minimum Gasteiger partial charge on any atom is -0.485 e. The van der Waals surface area contributed by atoms with Gasteiger partial charge in [0.05, 0.1) is 6.42 Å². The van der Waals surface area contributed by atoms with Crippen LogP contribution in [0.15, 0.2) is 66.6 Å². The van der Waals surface area contributed by atoms with Gasteiger partial charge in [0.25, 0.3) is 0 Å². The van der Waals surface area contributed by atoms with Crippen molar-refractivity contribution in [3.05, 3.63) is 88.9 Å². The van der Waals surface area contributed by atoms with E-state index in [2.05, 4.69) is 6.58 Å². The van der Waals surface area contributed by atoms with Gasteiger partial charge in [-0.3, -0.25) is 9.59 Å². The second-order valence-corrected chi connectivity index (χ2v) is 7.58. The predicted molar refractivity (Wildman–Crippen MR) is 106 cm³/mol. The van der Waals surface area contributed by atoms with Crippen LogP contribution in [-0.4, -0.2) is 11.9 Å². The third kappa shape index (κ3) is 2.49. The van der Waals surface area contributed by atoms with Gasteiger partial charge in [0, 0.05) is 36.1 Å². The molecule has 0 unspecified atom stereocenters. The second kappa shape index (κ2) is 6.49. The van der Waals surface area contributed by atoms with Gasteiger partial charge in [-0.1, -0.05) is 55.1 Å². The normalized spacial score (nSPS) is 25.7. The van der Waals surface area contributed by atoms with Crippen LogP contribution in [0, 0.1) is 0 Å². The summed E-state index contributed by atoms with van der Waals surface area (Å²) in [5, 5.41) is 0. The van der Waals surface area contributed by atoms with Crippen LogP contribution >= 0.6 is 0 Å². The van der Waals surface area contributed by atoms with E-state index in [1.807, 2.05) is 48.5 Å². The van der Waals surface area contributed by atoms with E-state index in [0.29, 0.717) is 23.7 Å². The first-order valence-electron chi connectivity index (χ1n) is 9.74. The molecule has 4 aliphatic rings. The number of fused-ring (bicyclic) bond motifs is 2. The lowest BCUT2D eigenvalue weighted by Crippen LogP contribution is -2.48. The first-order chi connectivity index (χ1) is 14.4. The van der Waals surface area contributed by atoms with Gasteiger partial charge in [0.2, 0.25) is 5.60 Å². The molecule has 0 spiro atoms. The fraction of sp³-hybridized carbons (Fsp3) is 0.250. The SMILES string of the molecule is C=C1O[C@H]2CC3=C(OC(C)=O)c4ccccc4[C@H](O3)[C@]1(OC(C)=O)c1ccccc12. The maximum Gasteiger partial charge on any atom is 0.308 e. The van der Waals surface area contributed by atoms with Gasteiger partial charge in [-0.2, -0.15) is 0 Å². The van der Waals surface area contributed by atoms with Crippen molar-refractivity contribution in [1.82, 2.24) is 0 Å². The van der Waals surface area contributed by atoms with E-state index in [0.717, 1.165) is 22.3 Å². The fourth-order valence-electron chi connectivity index (χ4n) is 4.63. The molecule has 152 valence electrons. The highest BCUT2D eigenvalue weighted by Gasteiger charge is 2.59. The van der Waals surface area contributed by atoms with E-state index in [1.54, 1.807) is 0 Å². The second-order valence-electron chi connectivity index (χ2n) is 7.58. The molecule has 4 heterocycles. The zero-order valence-electron chi connectivity index (χ0n) is 16.6. The van der Waals surface area contributed by atoms with Gasteiger partial charge in [0.15, 0.2) is 11.9 Å². The van der Waals surface area contributed by atoms with Crippen LogP contribution in [0.2, 0.25) is 0 Å². The molecule has 1 fully saturated rings. The van der Waals surface area contributed by atoms with E-state index in [4.69, 9.17) is 18.9 Å². The van der Waals surface area contributed by atoms with Crippen LogP contribution in [-0.2, 0) is 34.1 Å². The third-order valence-electron chi connectivity index (χ3n) is 5.70. The number of rotatable bonds is 2. The molecule has 0 aliphatic carbocycles. The Morgan fingerprint density at radius 2 is 1.70 bits per heavy atom. The number of hydrogen-bond donors (Lipinski definition) is 0. The van der Waals surface area contributed by atoms with Crippen molar-refractivity contribution >= 4 is 17.7 Å². The summed E-state index contributed by atoms with van der Waals surface area (Å²) in [4.78, 5) is 24.1. The molecular formula is C24H20O6. The van der Waals surface area contributed by atoms with Crippen molar-refractivity contribution in [1.29, 1.82) is 0 Å². The molecule has 30 heavy (non-hydrogen) atoms. The smallest absolute Gasteiger partial charge is 0.308 e. The highest BCUT2D eigenvalue weighted by atomic mass is 16.6. The molecule has 4 aliphatic heterocycles. The lowest BCUT2D eigenvalue weighted by atomic mass is 9.73. The number of benzene rings is 2. The molecule has 0 N–H and O–H groups in total. The predicted octanol–water partition coefficient (Wildman–Crippen LogP) is 4.44. The molecule has 6 rings (SSSR count). The number of hydrogen-bond acceptors (Lipinski definition) is 6. The van der Waals surface area contributed by atoms with E-state index in [1.165, 1.54) is 13.8 Å². The van der Waals surface area contributed by atoms with Gasteiger partial charge in [-0.15, -0.1) is 0 Å². The van der Waals surface area contributed by atoms with E-state index in [-0.39, 0.29) is 0 Å². The molecule has 1 saturated heterocycles. The summed E-state index contributed by atoms with van der Waals surface area (Å²) in [6.45, 7) is 6.83. The molecule has 0 saturated carbocycles. The molecule has 6 heteroatoms. The number of carbonyl (C=O) groups excluding carboxylic acids is 2. The van der Waals surface area contributed by atoms with Crippen molar-refractivity contribution in [2.45, 2.75) is 38.1 Å². The Labute approximate surface area is 173 Å². The Morgan fingerprint density at radius 1 is 1.00 bits per heavy atom. The van der Waals surface area contributed by atoms with Crippen molar-refractivity contribution in [2.75, 3.05) is 0 Å². The standard InChI is InChI=1S/C24H20O6/c1-13-24(30-15(3)26)19-11-7-6-10-18(19)20(27-13)12-21-22(28-14(2)25)16-8-4-5-9-17(16)23(24)29-21/h4-11,20,23H,1,12H2,2-3H3/t20-,23-,24+/m0/s1. The molecule has 0 amide bonds. The average molecular weight is 404 g/mol. The van der Waals surface area contributed by atoms with E-state index < -0.39 is 29.7 Å². The maximum absolute atomic E-state index is 12.3. The third-order valence-corrected chi connectivity index (χ3v) is 5.70. The lowest BCUT2D eigenvalue weighted by Gasteiger charge is -2.50. The largest absolute Gasteiger partial charge is 0.485 e. The zero-order chi connectivity index (χ0) is 21.0. The molecule has 0 aromatic heterocycles. The summed E-state index contributed by atoms with van der Waals surface area (Å²) in [5.41, 5.74) is 1.75. The summed E-state index contributed by atoms with van der Waals surface area (Å²) in [6.07, 6.45) is -0.814. The highest BCUT2D eigenvalue weighted by Crippen LogP contribution is 2.59. The lowest BCUT2D eigenvalue weighted by molar-refractivity contribution is -0.190.